The van der Waals surface area contributed by atoms with Crippen LogP contribution in [0.25, 0.3) is 0 Å². The highest BCUT2D eigenvalue weighted by Gasteiger charge is 2.21. The second-order valence-electron chi connectivity index (χ2n) is 5.51. The molecule has 92 valence electrons. The number of likely N-dealkylation sites (N-methyl/N-ethyl adjacent to an activating group) is 1. The lowest BCUT2D eigenvalue weighted by molar-refractivity contribution is -0.897. The summed E-state index contributed by atoms with van der Waals surface area (Å²) in [7, 11) is 6.49. The molecule has 0 radical (unpaired) electrons. The van der Waals surface area contributed by atoms with Gasteiger partial charge in [0, 0.05) is 6.42 Å². The van der Waals surface area contributed by atoms with E-state index in [0.29, 0.717) is 12.6 Å². The monoisotopic (exact) mass is 216 g/mol. The summed E-state index contributed by atoms with van der Waals surface area (Å²) in [5.41, 5.74) is 0. The Kier molecular flexibility index (Phi) is 8.07. The van der Waals surface area contributed by atoms with E-state index in [4.69, 9.17) is 0 Å². The lowest BCUT2D eigenvalue weighted by atomic mass is 10.0. The zero-order valence-electron chi connectivity index (χ0n) is 11.1. The largest absolute Gasteiger partial charge is 0.390 e. The van der Waals surface area contributed by atoms with E-state index in [-0.39, 0.29) is 0 Å². The Labute approximate surface area is 95.9 Å². The molecule has 0 saturated carbocycles. The fraction of sp³-hybridized carbons (Fsp3) is 1.00. The van der Waals surface area contributed by atoms with Crippen molar-refractivity contribution in [1.29, 1.82) is 0 Å². The van der Waals surface area contributed by atoms with Gasteiger partial charge in [0.1, 0.15) is 6.04 Å². The van der Waals surface area contributed by atoms with Crippen LogP contribution in [0.5, 0.6) is 0 Å². The zero-order valence-corrected chi connectivity index (χ0v) is 11.1. The second-order valence-corrected chi connectivity index (χ2v) is 5.51. The molecular formula is C13H30NO+. The molecule has 0 bridgehead atoms. The van der Waals surface area contributed by atoms with E-state index in [9.17, 15) is 5.11 Å². The predicted octanol–water partition coefficient (Wildman–Crippen LogP) is 2.80. The maximum absolute atomic E-state index is 9.29. The van der Waals surface area contributed by atoms with Crippen molar-refractivity contribution in [3.05, 3.63) is 0 Å². The molecule has 0 amide bonds. The maximum Gasteiger partial charge on any atom is 0.112 e. The molecule has 2 heteroatoms. The van der Waals surface area contributed by atoms with Gasteiger partial charge in [0.2, 0.25) is 0 Å². The summed E-state index contributed by atoms with van der Waals surface area (Å²) in [5.74, 6) is 0. The van der Waals surface area contributed by atoms with Crippen LogP contribution < -0.4 is 0 Å². The SMILES string of the molecule is CCCCCCCCC(CO)[N+](C)(C)C. The molecule has 0 aromatic rings. The van der Waals surface area contributed by atoms with Crippen molar-refractivity contribution in [2.75, 3.05) is 27.7 Å². The third-order valence-electron chi connectivity index (χ3n) is 3.20. The normalized spacial score (nSPS) is 14.2. The molecule has 0 aliphatic heterocycles. The maximum atomic E-state index is 9.29. The van der Waals surface area contributed by atoms with Crippen LogP contribution >= 0.6 is 0 Å². The molecular weight excluding hydrogens is 186 g/mol. The number of nitrogens with zero attached hydrogens (tertiary/aromatic N) is 1. The molecule has 0 aliphatic carbocycles. The Bertz CT molecular complexity index is 140. The fourth-order valence-corrected chi connectivity index (χ4v) is 1.88. The quantitative estimate of drug-likeness (QED) is 0.464. The van der Waals surface area contributed by atoms with Gasteiger partial charge >= 0.3 is 0 Å². The smallest absolute Gasteiger partial charge is 0.112 e. The average Bonchev–Trinajstić information content (AvgIpc) is 2.15. The summed E-state index contributed by atoms with van der Waals surface area (Å²) < 4.78 is 0.880. The molecule has 1 unspecified atom stereocenters. The van der Waals surface area contributed by atoms with E-state index in [1.54, 1.807) is 0 Å². The summed E-state index contributed by atoms with van der Waals surface area (Å²) >= 11 is 0. The van der Waals surface area contributed by atoms with Crippen molar-refractivity contribution in [3.8, 4) is 0 Å². The van der Waals surface area contributed by atoms with Gasteiger partial charge in [0.05, 0.1) is 27.7 Å². The first-order valence-corrected chi connectivity index (χ1v) is 6.44. The van der Waals surface area contributed by atoms with E-state index in [2.05, 4.69) is 28.1 Å². The predicted molar refractivity (Wildman–Crippen MR) is 66.9 cm³/mol. The van der Waals surface area contributed by atoms with Crippen molar-refractivity contribution in [2.45, 2.75) is 57.9 Å². The van der Waals surface area contributed by atoms with Crippen LogP contribution in [0.1, 0.15) is 51.9 Å². The van der Waals surface area contributed by atoms with Crippen LogP contribution in [-0.4, -0.2) is 43.4 Å². The number of hydrogen-bond donors (Lipinski definition) is 1. The Morgan fingerprint density at radius 3 is 1.93 bits per heavy atom. The molecule has 1 atom stereocenters. The highest BCUT2D eigenvalue weighted by Crippen LogP contribution is 2.13. The second kappa shape index (κ2) is 8.12. The van der Waals surface area contributed by atoms with E-state index in [0.717, 1.165) is 10.9 Å². The average molecular weight is 216 g/mol. The third kappa shape index (κ3) is 7.80. The highest BCUT2D eigenvalue weighted by molar-refractivity contribution is 4.56. The first-order valence-electron chi connectivity index (χ1n) is 6.44. The zero-order chi connectivity index (χ0) is 11.7. The summed E-state index contributed by atoms with van der Waals surface area (Å²) in [6.45, 7) is 2.57. The molecule has 2 nitrogen and oxygen atoms in total. The van der Waals surface area contributed by atoms with Crippen molar-refractivity contribution in [3.63, 3.8) is 0 Å². The van der Waals surface area contributed by atoms with Crippen molar-refractivity contribution >= 4 is 0 Å². The highest BCUT2D eigenvalue weighted by atomic mass is 16.3. The molecule has 0 rings (SSSR count). The van der Waals surface area contributed by atoms with E-state index < -0.39 is 0 Å². The molecule has 15 heavy (non-hydrogen) atoms. The Balaban J connectivity index is 3.48. The van der Waals surface area contributed by atoms with Gasteiger partial charge in [-0.05, 0) is 6.42 Å². The lowest BCUT2D eigenvalue weighted by Crippen LogP contribution is -2.47. The molecule has 0 fully saturated rings. The summed E-state index contributed by atoms with van der Waals surface area (Å²) in [4.78, 5) is 0. The van der Waals surface area contributed by atoms with Gasteiger partial charge in [0.15, 0.2) is 0 Å². The van der Waals surface area contributed by atoms with Crippen molar-refractivity contribution in [1.82, 2.24) is 0 Å². The Hall–Kier alpha value is -0.0800. The van der Waals surface area contributed by atoms with E-state index >= 15 is 0 Å². The van der Waals surface area contributed by atoms with Gasteiger partial charge in [-0.15, -0.1) is 0 Å². The first-order chi connectivity index (χ1) is 7.02. The van der Waals surface area contributed by atoms with Crippen molar-refractivity contribution < 1.29 is 9.59 Å². The van der Waals surface area contributed by atoms with Crippen LogP contribution in [0.2, 0.25) is 0 Å². The van der Waals surface area contributed by atoms with Gasteiger partial charge in [-0.3, -0.25) is 0 Å². The number of quaternary nitrogens is 1. The molecule has 0 aliphatic rings. The minimum absolute atomic E-state index is 0.318. The molecule has 1 N–H and O–H groups in total. The Morgan fingerprint density at radius 1 is 0.933 bits per heavy atom. The van der Waals surface area contributed by atoms with Gasteiger partial charge in [-0.25, -0.2) is 0 Å². The molecule has 0 spiro atoms. The molecule has 0 aromatic heterocycles. The van der Waals surface area contributed by atoms with Crippen LogP contribution in [0.4, 0.5) is 0 Å². The molecule has 0 saturated heterocycles. The molecule has 0 heterocycles. The molecule has 0 aromatic carbocycles. The third-order valence-corrected chi connectivity index (χ3v) is 3.20. The standard InChI is InChI=1S/C13H30NO/c1-5-6-7-8-9-10-11-13(12-15)14(2,3)4/h13,15H,5-12H2,1-4H3/q+1. The van der Waals surface area contributed by atoms with Gasteiger partial charge in [-0.1, -0.05) is 39.0 Å². The summed E-state index contributed by atoms with van der Waals surface area (Å²) in [5, 5.41) is 9.29. The van der Waals surface area contributed by atoms with Crippen molar-refractivity contribution in [2.24, 2.45) is 0 Å². The van der Waals surface area contributed by atoms with E-state index in [1.807, 2.05) is 0 Å². The topological polar surface area (TPSA) is 20.2 Å². The minimum atomic E-state index is 0.318. The number of unbranched alkanes of at least 4 members (excludes halogenated alkanes) is 5. The van der Waals surface area contributed by atoms with Gasteiger partial charge in [0.25, 0.3) is 0 Å². The fourth-order valence-electron chi connectivity index (χ4n) is 1.88. The van der Waals surface area contributed by atoms with Crippen LogP contribution in [0.3, 0.4) is 0 Å². The first kappa shape index (κ1) is 14.9. The van der Waals surface area contributed by atoms with Gasteiger partial charge in [-0.2, -0.15) is 0 Å². The van der Waals surface area contributed by atoms with Crippen LogP contribution in [0.15, 0.2) is 0 Å². The number of aliphatic hydroxyl groups is 1. The number of hydrogen-bond acceptors (Lipinski definition) is 1. The van der Waals surface area contributed by atoms with Gasteiger partial charge < -0.3 is 9.59 Å². The Morgan fingerprint density at radius 2 is 1.47 bits per heavy atom. The van der Waals surface area contributed by atoms with Crippen LogP contribution in [0, 0.1) is 0 Å². The van der Waals surface area contributed by atoms with E-state index in [1.165, 1.54) is 38.5 Å². The van der Waals surface area contributed by atoms with Crippen LogP contribution in [-0.2, 0) is 0 Å². The summed E-state index contributed by atoms with van der Waals surface area (Å²) in [6, 6.07) is 0.413. The number of rotatable bonds is 9. The lowest BCUT2D eigenvalue weighted by Gasteiger charge is -2.33. The minimum Gasteiger partial charge on any atom is -0.390 e. The number of aliphatic hydroxyl groups excluding tert-OH is 1. The summed E-state index contributed by atoms with van der Waals surface area (Å²) in [6.07, 6.45) is 9.19.